The average Bonchev–Trinajstić information content (AvgIpc) is 3.36. The number of carbonyl (C=O) groups excluding carboxylic acids is 1. The Morgan fingerprint density at radius 3 is 1.54 bits per heavy atom. The van der Waals surface area contributed by atoms with Crippen molar-refractivity contribution in [2.75, 3.05) is 26.4 Å². The normalized spacial score (nSPS) is 32.8. The van der Waals surface area contributed by atoms with Crippen molar-refractivity contribution in [1.29, 1.82) is 0 Å². The maximum atomic E-state index is 13.2. The van der Waals surface area contributed by atoms with E-state index in [0.29, 0.717) is 12.8 Å². The molecule has 0 radical (unpaired) electrons. The zero-order chi connectivity index (χ0) is 52.0. The van der Waals surface area contributed by atoms with Gasteiger partial charge in [-0.2, -0.15) is 0 Å². The quantitative estimate of drug-likeness (QED) is 0.0320. The van der Waals surface area contributed by atoms with Gasteiger partial charge in [-0.1, -0.05) is 113 Å². The molecule has 3 rings (SSSR count). The van der Waals surface area contributed by atoms with Crippen LogP contribution in [0.1, 0.15) is 129 Å². The van der Waals surface area contributed by atoms with E-state index in [4.69, 9.17) is 28.4 Å². The second-order valence-corrected chi connectivity index (χ2v) is 18.6. The molecule has 0 bridgehead atoms. The van der Waals surface area contributed by atoms with E-state index in [9.17, 15) is 61.0 Å². The Balaban J connectivity index is 1.57. The van der Waals surface area contributed by atoms with Crippen LogP contribution in [-0.2, 0) is 33.2 Å². The molecule has 3 aliphatic rings. The Labute approximate surface area is 420 Å². The Bertz CT molecular complexity index is 1540. The zero-order valence-corrected chi connectivity index (χ0v) is 41.9. The van der Waals surface area contributed by atoms with Crippen LogP contribution in [0.5, 0.6) is 0 Å². The van der Waals surface area contributed by atoms with Gasteiger partial charge < -0.3 is 89.9 Å². The SMILES string of the molecule is CCC/C=C/CC/C=C/CC/C=C/C(O)C(COC1OC(CO)C(OC2OC(CO)C(OC3OC(CO)C(O)C(O)C3O)C(O)C2O)C(O)C1O)NC(=O)CCCCCCC/C=C\C/C=C\CCCCC. The lowest BCUT2D eigenvalue weighted by atomic mass is 9.96. The molecule has 3 aliphatic heterocycles. The van der Waals surface area contributed by atoms with Gasteiger partial charge in [0.05, 0.1) is 38.6 Å². The predicted molar refractivity (Wildman–Crippen MR) is 263 cm³/mol. The third kappa shape index (κ3) is 22.1. The fourth-order valence-electron chi connectivity index (χ4n) is 8.37. The monoisotopic (exact) mass is 1020 g/mol. The molecule has 17 unspecified atom stereocenters. The highest BCUT2D eigenvalue weighted by atomic mass is 16.8. The van der Waals surface area contributed by atoms with E-state index in [2.05, 4.69) is 67.8 Å². The third-order valence-electron chi connectivity index (χ3n) is 12.7. The number of aliphatic hydroxyl groups excluding tert-OH is 11. The third-order valence-corrected chi connectivity index (χ3v) is 12.7. The van der Waals surface area contributed by atoms with Gasteiger partial charge in [-0.25, -0.2) is 0 Å². The van der Waals surface area contributed by atoms with Gasteiger partial charge in [-0.05, 0) is 70.6 Å². The Morgan fingerprint density at radius 2 is 0.972 bits per heavy atom. The number of amides is 1. The number of ether oxygens (including phenoxy) is 6. The Morgan fingerprint density at radius 1 is 0.507 bits per heavy atom. The van der Waals surface area contributed by atoms with Crippen molar-refractivity contribution in [2.45, 2.75) is 234 Å². The molecule has 0 aromatic heterocycles. The highest BCUT2D eigenvalue weighted by molar-refractivity contribution is 5.76. The molecule has 3 fully saturated rings. The van der Waals surface area contributed by atoms with Crippen LogP contribution in [0.2, 0.25) is 0 Å². The fraction of sp³-hybridized carbons (Fsp3) is 0.788. The van der Waals surface area contributed by atoms with Crippen LogP contribution in [0.25, 0.3) is 0 Å². The smallest absolute Gasteiger partial charge is 0.220 e. The van der Waals surface area contributed by atoms with E-state index in [1.54, 1.807) is 12.2 Å². The molecular weight excluding hydrogens is 927 g/mol. The van der Waals surface area contributed by atoms with Gasteiger partial charge in [0.2, 0.25) is 5.91 Å². The van der Waals surface area contributed by atoms with Crippen molar-refractivity contribution in [3.8, 4) is 0 Å². The van der Waals surface area contributed by atoms with Crippen LogP contribution in [0.15, 0.2) is 60.8 Å². The van der Waals surface area contributed by atoms with Crippen LogP contribution in [0.3, 0.4) is 0 Å². The Hall–Kier alpha value is -2.51. The molecule has 19 heteroatoms. The van der Waals surface area contributed by atoms with Gasteiger partial charge in [0.25, 0.3) is 0 Å². The highest BCUT2D eigenvalue weighted by Crippen LogP contribution is 2.33. The molecule has 3 heterocycles. The van der Waals surface area contributed by atoms with Gasteiger partial charge in [0.1, 0.15) is 73.2 Å². The summed E-state index contributed by atoms with van der Waals surface area (Å²) in [5.74, 6) is -0.310. The summed E-state index contributed by atoms with van der Waals surface area (Å²) in [6, 6.07) is -1.00. The van der Waals surface area contributed by atoms with Crippen molar-refractivity contribution in [2.24, 2.45) is 0 Å². The first-order valence-electron chi connectivity index (χ1n) is 26.0. The number of nitrogens with one attached hydrogen (secondary N) is 1. The summed E-state index contributed by atoms with van der Waals surface area (Å²) in [7, 11) is 0. The summed E-state index contributed by atoms with van der Waals surface area (Å²) in [4.78, 5) is 13.2. The maximum absolute atomic E-state index is 13.2. The summed E-state index contributed by atoms with van der Waals surface area (Å²) >= 11 is 0. The van der Waals surface area contributed by atoms with Crippen LogP contribution in [0.4, 0.5) is 0 Å². The number of carbonyl (C=O) groups is 1. The van der Waals surface area contributed by atoms with E-state index in [-0.39, 0.29) is 18.9 Å². The number of unbranched alkanes of at least 4 members (excludes halogenated alkanes) is 11. The van der Waals surface area contributed by atoms with Gasteiger partial charge in [0.15, 0.2) is 18.9 Å². The summed E-state index contributed by atoms with van der Waals surface area (Å²) < 4.78 is 34.0. The molecule has 0 aliphatic carbocycles. The van der Waals surface area contributed by atoms with Crippen molar-refractivity contribution in [3.63, 3.8) is 0 Å². The first-order valence-corrected chi connectivity index (χ1v) is 26.0. The van der Waals surface area contributed by atoms with Crippen LogP contribution < -0.4 is 5.32 Å². The maximum Gasteiger partial charge on any atom is 0.220 e. The van der Waals surface area contributed by atoms with Crippen LogP contribution in [-0.4, -0.2) is 193 Å². The number of allylic oxidation sites excluding steroid dienone is 9. The second kappa shape index (κ2) is 36.4. The lowest BCUT2D eigenvalue weighted by Crippen LogP contribution is -2.66. The zero-order valence-electron chi connectivity index (χ0n) is 41.9. The molecular formula is C52H89NO18. The first kappa shape index (κ1) is 62.8. The number of hydrogen-bond acceptors (Lipinski definition) is 18. The van der Waals surface area contributed by atoms with Gasteiger partial charge in [-0.3, -0.25) is 4.79 Å². The van der Waals surface area contributed by atoms with Gasteiger partial charge in [-0.15, -0.1) is 0 Å². The van der Waals surface area contributed by atoms with Crippen molar-refractivity contribution < 1.29 is 89.4 Å². The molecule has 0 aromatic rings. The molecule has 17 atom stereocenters. The van der Waals surface area contributed by atoms with Crippen molar-refractivity contribution in [1.82, 2.24) is 5.32 Å². The summed E-state index contributed by atoms with van der Waals surface area (Å²) in [5, 5.41) is 119. The van der Waals surface area contributed by atoms with Crippen molar-refractivity contribution in [3.05, 3.63) is 60.8 Å². The van der Waals surface area contributed by atoms with E-state index in [1.165, 1.54) is 19.3 Å². The Kier molecular flexibility index (Phi) is 32.2. The topological polar surface area (TPSA) is 307 Å². The summed E-state index contributed by atoms with van der Waals surface area (Å²) in [5.41, 5.74) is 0. The van der Waals surface area contributed by atoms with Crippen LogP contribution in [0, 0.1) is 0 Å². The molecule has 71 heavy (non-hydrogen) atoms. The minimum Gasteiger partial charge on any atom is -0.394 e. The number of rotatable bonds is 35. The molecule has 0 spiro atoms. The molecule has 1 amide bonds. The van der Waals surface area contributed by atoms with Crippen molar-refractivity contribution >= 4 is 5.91 Å². The molecule has 410 valence electrons. The largest absolute Gasteiger partial charge is 0.394 e. The molecule has 0 aromatic carbocycles. The second-order valence-electron chi connectivity index (χ2n) is 18.6. The molecule has 0 saturated carbocycles. The average molecular weight is 1020 g/mol. The highest BCUT2D eigenvalue weighted by Gasteiger charge is 2.53. The molecule has 3 saturated heterocycles. The number of aliphatic hydroxyl groups is 11. The van der Waals surface area contributed by atoms with Gasteiger partial charge >= 0.3 is 0 Å². The summed E-state index contributed by atoms with van der Waals surface area (Å²) in [6.07, 6.45) is 10.9. The lowest BCUT2D eigenvalue weighted by molar-refractivity contribution is -0.379. The fourth-order valence-corrected chi connectivity index (χ4v) is 8.37. The van der Waals surface area contributed by atoms with E-state index < -0.39 is 124 Å². The molecule has 12 N–H and O–H groups in total. The van der Waals surface area contributed by atoms with E-state index >= 15 is 0 Å². The molecule has 19 nitrogen and oxygen atoms in total. The van der Waals surface area contributed by atoms with E-state index in [1.807, 2.05) is 0 Å². The summed E-state index contributed by atoms with van der Waals surface area (Å²) in [6.45, 7) is 1.52. The number of hydrogen-bond donors (Lipinski definition) is 12. The standard InChI is InChI=1S/C52H89NO18/c1-3-5-7-9-11-13-15-16-17-18-20-22-24-26-28-30-40(58)53-35(36(57)29-27-25-23-21-19-14-12-10-8-6-4-2)34-66-50-46(64)43(61)48(38(32-55)68-50)71-52-47(65)44(62)49(39(33-56)69-52)70-51-45(63)42(60)41(59)37(31-54)67-51/h8,10-11,13,16-17,19,21,27,29,35-39,41-52,54-57,59-65H,3-7,9,12,14-15,18,20,22-26,28,30-34H2,1-2H3,(H,53,58)/b10-8+,13-11-,17-16-,21-19+,29-27+. The lowest BCUT2D eigenvalue weighted by Gasteiger charge is -2.48. The van der Waals surface area contributed by atoms with Gasteiger partial charge in [0, 0.05) is 6.42 Å². The van der Waals surface area contributed by atoms with Crippen LogP contribution >= 0.6 is 0 Å². The van der Waals surface area contributed by atoms with E-state index in [0.717, 1.165) is 77.0 Å². The minimum absolute atomic E-state index is 0.213. The first-order chi connectivity index (χ1) is 34.3. The minimum atomic E-state index is -1.98. The predicted octanol–water partition coefficient (Wildman–Crippen LogP) is 2.14.